The van der Waals surface area contributed by atoms with Crippen LogP contribution in [0.4, 0.5) is 4.79 Å². The van der Waals surface area contributed by atoms with Crippen molar-refractivity contribution in [3.63, 3.8) is 0 Å². The molecule has 9 heteroatoms. The van der Waals surface area contributed by atoms with Crippen molar-refractivity contribution in [3.05, 3.63) is 60.3 Å². The molecule has 2 aromatic carbocycles. The molecule has 1 atom stereocenters. The molecule has 0 saturated heterocycles. The quantitative estimate of drug-likeness (QED) is 0.289. The summed E-state index contributed by atoms with van der Waals surface area (Å²) in [5, 5.41) is 7.92. The summed E-state index contributed by atoms with van der Waals surface area (Å²) in [6.45, 7) is 5.33. The molecule has 0 spiro atoms. The molecule has 0 radical (unpaired) electrons. The molecule has 3 aromatic rings. The Morgan fingerprint density at radius 3 is 2.37 bits per heavy atom. The molecular formula is C29H35N3O6. The third-order valence-electron chi connectivity index (χ3n) is 6.61. The summed E-state index contributed by atoms with van der Waals surface area (Å²) in [4.78, 5) is 32.8. The second-order valence-electron chi connectivity index (χ2n) is 11.1. The average molecular weight is 522 g/mol. The number of hydrogen-bond acceptors (Lipinski definition) is 7. The van der Waals surface area contributed by atoms with E-state index in [0.29, 0.717) is 17.6 Å². The van der Waals surface area contributed by atoms with Gasteiger partial charge in [0.1, 0.15) is 29.0 Å². The van der Waals surface area contributed by atoms with E-state index in [1.807, 2.05) is 36.4 Å². The van der Waals surface area contributed by atoms with Crippen molar-refractivity contribution < 1.29 is 28.6 Å². The molecule has 1 heterocycles. The van der Waals surface area contributed by atoms with E-state index in [9.17, 15) is 9.59 Å². The molecule has 2 aliphatic carbocycles. The highest BCUT2D eigenvalue weighted by Crippen LogP contribution is 2.46. The summed E-state index contributed by atoms with van der Waals surface area (Å²) in [5.41, 5.74) is 1.03. The Hall–Kier alpha value is -3.75. The fraction of sp³-hybridized carbons (Fsp3) is 0.483. The molecule has 1 aromatic heterocycles. The largest absolute Gasteiger partial charge is 0.460 e. The molecule has 0 unspecified atom stereocenters. The molecule has 9 nitrogen and oxygen atoms in total. The van der Waals surface area contributed by atoms with E-state index in [1.165, 1.54) is 4.85 Å². The number of benzene rings is 2. The second-order valence-corrected chi connectivity index (χ2v) is 11.1. The summed E-state index contributed by atoms with van der Waals surface area (Å²) in [6.07, 6.45) is 5.71. The fourth-order valence-corrected chi connectivity index (χ4v) is 4.44. The number of carbonyl (C=O) groups is 2. The minimum atomic E-state index is -0.854. The van der Waals surface area contributed by atoms with E-state index < -0.39 is 23.7 Å². The summed E-state index contributed by atoms with van der Waals surface area (Å²) in [7, 11) is 0. The van der Waals surface area contributed by atoms with Crippen LogP contribution in [0.2, 0.25) is 0 Å². The van der Waals surface area contributed by atoms with Gasteiger partial charge in [-0.05, 0) is 82.1 Å². The van der Waals surface area contributed by atoms with Crippen LogP contribution in [0.15, 0.2) is 54.7 Å². The van der Waals surface area contributed by atoms with Crippen LogP contribution in [-0.4, -0.2) is 46.5 Å². The zero-order valence-corrected chi connectivity index (χ0v) is 22.1. The molecular weight excluding hydrogens is 486 g/mol. The Labute approximate surface area is 222 Å². The lowest BCUT2D eigenvalue weighted by Crippen LogP contribution is -2.46. The molecule has 2 saturated carbocycles. The number of nitrogens with one attached hydrogen (secondary N) is 1. The maximum Gasteiger partial charge on any atom is 0.408 e. The van der Waals surface area contributed by atoms with E-state index in [4.69, 9.17) is 19.0 Å². The van der Waals surface area contributed by atoms with Gasteiger partial charge in [0, 0.05) is 11.8 Å². The molecule has 38 heavy (non-hydrogen) atoms. The van der Waals surface area contributed by atoms with Crippen molar-refractivity contribution in [1.29, 1.82) is 0 Å². The van der Waals surface area contributed by atoms with Crippen molar-refractivity contribution in [2.24, 2.45) is 11.8 Å². The molecule has 5 rings (SSSR count). The van der Waals surface area contributed by atoms with Gasteiger partial charge in [-0.1, -0.05) is 35.2 Å². The summed E-state index contributed by atoms with van der Waals surface area (Å²) in [6, 6.07) is 14.2. The first-order valence-electron chi connectivity index (χ1n) is 13.2. The van der Waals surface area contributed by atoms with Crippen LogP contribution in [0.3, 0.4) is 0 Å². The number of rotatable bonds is 11. The first-order valence-corrected chi connectivity index (χ1v) is 13.2. The predicted octanol–water partition coefficient (Wildman–Crippen LogP) is 4.67. The number of para-hydroxylation sites is 1. The molecule has 0 aliphatic heterocycles. The van der Waals surface area contributed by atoms with Crippen molar-refractivity contribution >= 4 is 23.0 Å². The lowest BCUT2D eigenvalue weighted by Gasteiger charge is -2.25. The van der Waals surface area contributed by atoms with E-state index in [0.717, 1.165) is 42.1 Å². The third-order valence-corrected chi connectivity index (χ3v) is 6.61. The Kier molecular flexibility index (Phi) is 7.44. The number of hydrogen-bond donors (Lipinski definition) is 1. The first kappa shape index (κ1) is 25.9. The van der Waals surface area contributed by atoms with E-state index in [1.54, 1.807) is 39.1 Å². The predicted molar refractivity (Wildman–Crippen MR) is 140 cm³/mol. The monoisotopic (exact) mass is 521 g/mol. The Bertz CT molecular complexity index is 1250. The van der Waals surface area contributed by atoms with Gasteiger partial charge in [-0.15, -0.1) is 5.10 Å². The number of amides is 1. The van der Waals surface area contributed by atoms with Gasteiger partial charge >= 0.3 is 12.1 Å². The zero-order chi connectivity index (χ0) is 26.7. The summed E-state index contributed by atoms with van der Waals surface area (Å²) >= 11 is 0. The van der Waals surface area contributed by atoms with Crippen molar-refractivity contribution in [2.45, 2.75) is 70.6 Å². The van der Waals surface area contributed by atoms with Crippen LogP contribution in [0.1, 0.15) is 52.0 Å². The Morgan fingerprint density at radius 2 is 1.71 bits per heavy atom. The highest BCUT2D eigenvalue weighted by molar-refractivity contribution is 5.82. The Balaban J connectivity index is 1.19. The van der Waals surface area contributed by atoms with Gasteiger partial charge in [-0.2, -0.15) is 0 Å². The van der Waals surface area contributed by atoms with Gasteiger partial charge in [0.2, 0.25) is 0 Å². The highest BCUT2D eigenvalue weighted by atomic mass is 16.8. The van der Waals surface area contributed by atoms with Gasteiger partial charge in [0.05, 0.1) is 6.20 Å². The number of alkyl carbamates (subject to hydrolysis) is 1. The zero-order valence-electron chi connectivity index (χ0n) is 22.1. The van der Waals surface area contributed by atoms with Crippen molar-refractivity contribution in [2.75, 3.05) is 6.79 Å². The maximum absolute atomic E-state index is 13.2. The molecule has 1 N–H and O–H groups in total. The lowest BCUT2D eigenvalue weighted by molar-refractivity contribution is -0.154. The van der Waals surface area contributed by atoms with Crippen LogP contribution < -0.4 is 14.9 Å². The van der Waals surface area contributed by atoms with Crippen LogP contribution in [0, 0.1) is 11.8 Å². The Morgan fingerprint density at radius 1 is 1.03 bits per heavy atom. The normalized spacial score (nSPS) is 16.2. The number of fused-ring (bicyclic) bond motifs is 1. The lowest BCUT2D eigenvalue weighted by atomic mass is 10.1. The standard InChI is InChI=1S/C29H35N3O6/c1-29(2,3)38-28(34)31-24(27(33)37-26(20-10-11-20)21-12-13-21)16-19-8-14-23(15-9-19)35-18-36-32-25-7-5-4-6-22(25)17-30-32/h4-9,14-15,17,20-21,24,26H,10-13,16,18H2,1-3H3,(H,31,34)/t24-/m0/s1. The maximum atomic E-state index is 13.2. The average Bonchev–Trinajstić information content (AvgIpc) is 3.80. The number of aromatic nitrogens is 2. The minimum absolute atomic E-state index is 0.0239. The van der Waals surface area contributed by atoms with E-state index in [-0.39, 0.29) is 19.3 Å². The third kappa shape index (κ3) is 6.96. The second kappa shape index (κ2) is 10.9. The first-order chi connectivity index (χ1) is 18.2. The molecule has 2 aliphatic rings. The number of esters is 1. The number of carbonyl (C=O) groups excluding carboxylic acids is 2. The number of ether oxygens (including phenoxy) is 3. The molecule has 1 amide bonds. The highest BCUT2D eigenvalue weighted by Gasteiger charge is 2.45. The van der Waals surface area contributed by atoms with E-state index >= 15 is 0 Å². The number of nitrogens with zero attached hydrogens (tertiary/aromatic N) is 2. The van der Waals surface area contributed by atoms with Crippen molar-refractivity contribution in [1.82, 2.24) is 15.3 Å². The topological polar surface area (TPSA) is 101 Å². The van der Waals surface area contributed by atoms with Crippen LogP contribution in [-0.2, 0) is 20.7 Å². The fourth-order valence-electron chi connectivity index (χ4n) is 4.44. The van der Waals surface area contributed by atoms with E-state index in [2.05, 4.69) is 10.4 Å². The molecule has 0 bridgehead atoms. The van der Waals surface area contributed by atoms with Crippen LogP contribution >= 0.6 is 0 Å². The van der Waals surface area contributed by atoms with Gasteiger partial charge in [-0.3, -0.25) is 0 Å². The SMILES string of the molecule is CC(C)(C)OC(=O)N[C@@H](Cc1ccc(OCOn2ncc3ccccc32)cc1)C(=O)OC(C1CC1)C1CC1. The minimum Gasteiger partial charge on any atom is -0.460 e. The van der Waals surface area contributed by atoms with Gasteiger partial charge in [-0.25, -0.2) is 9.59 Å². The molecule has 2 fully saturated rings. The smallest absolute Gasteiger partial charge is 0.408 e. The van der Waals surface area contributed by atoms with Crippen LogP contribution in [0.25, 0.3) is 10.9 Å². The van der Waals surface area contributed by atoms with Gasteiger partial charge in [0.25, 0.3) is 6.79 Å². The summed E-state index contributed by atoms with van der Waals surface area (Å²) < 4.78 is 17.1. The summed E-state index contributed by atoms with van der Waals surface area (Å²) in [5.74, 6) is 1.09. The van der Waals surface area contributed by atoms with Crippen LogP contribution in [0.5, 0.6) is 5.75 Å². The van der Waals surface area contributed by atoms with Gasteiger partial charge in [0.15, 0.2) is 0 Å². The van der Waals surface area contributed by atoms with Crippen molar-refractivity contribution in [3.8, 4) is 5.75 Å². The molecule has 202 valence electrons. The van der Waals surface area contributed by atoms with Gasteiger partial charge < -0.3 is 24.4 Å².